The van der Waals surface area contributed by atoms with Crippen LogP contribution in [-0.4, -0.2) is 25.8 Å². The van der Waals surface area contributed by atoms with Crippen molar-refractivity contribution in [2.24, 2.45) is 0 Å². The van der Waals surface area contributed by atoms with Crippen LogP contribution in [0.3, 0.4) is 0 Å². The molecular formula is C30H42N2O4. The first-order valence-electron chi connectivity index (χ1n) is 13.3. The Kier molecular flexibility index (Phi) is 9.04. The Morgan fingerprint density at radius 1 is 1.03 bits per heavy atom. The van der Waals surface area contributed by atoms with Gasteiger partial charge in [-0.3, -0.25) is 9.13 Å². The highest BCUT2D eigenvalue weighted by Gasteiger charge is 2.29. The van der Waals surface area contributed by atoms with E-state index in [0.29, 0.717) is 12.3 Å². The maximum Gasteiger partial charge on any atom is 0.347 e. The molecule has 1 aliphatic rings. The summed E-state index contributed by atoms with van der Waals surface area (Å²) in [5, 5.41) is 9.26. The lowest BCUT2D eigenvalue weighted by molar-refractivity contribution is -0.152. The molecule has 0 bridgehead atoms. The molecule has 3 rings (SSSR count). The number of aliphatic carboxylic acids is 1. The largest absolute Gasteiger partial charge is 0.478 e. The van der Waals surface area contributed by atoms with Crippen molar-refractivity contribution in [2.75, 3.05) is 0 Å². The number of aryl methyl sites for hydroxylation is 1. The summed E-state index contributed by atoms with van der Waals surface area (Å²) in [5.74, 6) is -0.449. The Hall–Kier alpha value is -3.02. The molecule has 1 aliphatic carbocycles. The first-order chi connectivity index (χ1) is 17.1. The Labute approximate surface area is 215 Å². The molecular weight excluding hydrogens is 452 g/mol. The van der Waals surface area contributed by atoms with Crippen molar-refractivity contribution in [3.8, 4) is 5.75 Å². The van der Waals surface area contributed by atoms with Crippen molar-refractivity contribution < 1.29 is 14.6 Å². The molecule has 1 aromatic carbocycles. The van der Waals surface area contributed by atoms with Crippen LogP contribution in [0.15, 0.2) is 51.9 Å². The fraction of sp³-hybridized carbons (Fsp3) is 0.533. The van der Waals surface area contributed by atoms with Gasteiger partial charge in [0.15, 0.2) is 5.60 Å². The van der Waals surface area contributed by atoms with E-state index in [0.717, 1.165) is 57.2 Å². The molecule has 2 aromatic rings. The minimum absolute atomic E-state index is 0.121. The Bertz CT molecular complexity index is 1190. The van der Waals surface area contributed by atoms with Gasteiger partial charge < -0.3 is 9.84 Å². The van der Waals surface area contributed by atoms with Crippen LogP contribution in [0.4, 0.5) is 0 Å². The van der Waals surface area contributed by atoms with Crippen molar-refractivity contribution in [2.45, 2.75) is 105 Å². The Morgan fingerprint density at radius 3 is 2.31 bits per heavy atom. The zero-order chi connectivity index (χ0) is 26.5. The normalized spacial score (nSPS) is 14.2. The first-order valence-corrected chi connectivity index (χ1v) is 13.3. The van der Waals surface area contributed by atoms with E-state index in [1.807, 2.05) is 33.4 Å². The zero-order valence-electron chi connectivity index (χ0n) is 22.8. The van der Waals surface area contributed by atoms with Crippen molar-refractivity contribution in [3.63, 3.8) is 0 Å². The molecule has 0 radical (unpaired) electrons. The molecule has 0 aliphatic heterocycles. The number of rotatable bonds is 12. The molecule has 0 fully saturated rings. The third-order valence-corrected chi connectivity index (χ3v) is 7.20. The third-order valence-electron chi connectivity index (χ3n) is 7.20. The summed E-state index contributed by atoms with van der Waals surface area (Å²) in [6, 6.07) is 7.64. The standard InChI is InChI=1S/C30H42N2O4/c1-7-18-31-27(11-9-10-23-14-16-25(17-15-23)36-30(5,6)28(33)34)26(8-2)32(29(31)35)20-24-13-12-21(3)22(4)19-24/h14-17,19H,7-13,18,20H2,1-6H3,(H,33,34). The van der Waals surface area contributed by atoms with E-state index in [1.54, 1.807) is 13.8 Å². The van der Waals surface area contributed by atoms with Crippen molar-refractivity contribution in [1.82, 2.24) is 9.13 Å². The molecule has 0 spiro atoms. The number of carboxylic acids is 1. The molecule has 0 amide bonds. The number of hydrogen-bond acceptors (Lipinski definition) is 3. The summed E-state index contributed by atoms with van der Waals surface area (Å²) in [7, 11) is 0. The number of hydrogen-bond donors (Lipinski definition) is 1. The maximum absolute atomic E-state index is 13.4. The predicted octanol–water partition coefficient (Wildman–Crippen LogP) is 6.10. The van der Waals surface area contributed by atoms with Crippen LogP contribution in [-0.2, 0) is 37.1 Å². The van der Waals surface area contributed by atoms with E-state index in [1.165, 1.54) is 28.0 Å². The average Bonchev–Trinajstić information content (AvgIpc) is 3.07. The van der Waals surface area contributed by atoms with Gasteiger partial charge in [-0.2, -0.15) is 0 Å². The summed E-state index contributed by atoms with van der Waals surface area (Å²) >= 11 is 0. The minimum Gasteiger partial charge on any atom is -0.478 e. The van der Waals surface area contributed by atoms with E-state index in [4.69, 9.17) is 4.74 Å². The van der Waals surface area contributed by atoms with E-state index < -0.39 is 11.6 Å². The van der Waals surface area contributed by atoms with E-state index in [2.05, 4.69) is 33.8 Å². The number of aromatic nitrogens is 2. The van der Waals surface area contributed by atoms with Gasteiger partial charge in [-0.15, -0.1) is 0 Å². The number of imidazole rings is 1. The maximum atomic E-state index is 13.4. The molecule has 196 valence electrons. The second-order valence-electron chi connectivity index (χ2n) is 10.4. The fourth-order valence-electron chi connectivity index (χ4n) is 4.88. The quantitative estimate of drug-likeness (QED) is 0.387. The molecule has 0 unspecified atom stereocenters. The zero-order valence-corrected chi connectivity index (χ0v) is 22.8. The molecule has 1 aromatic heterocycles. The summed E-state index contributed by atoms with van der Waals surface area (Å²) in [5.41, 5.74) is 6.47. The van der Waals surface area contributed by atoms with Gasteiger partial charge in [0.2, 0.25) is 0 Å². The number of benzene rings is 1. The molecule has 0 saturated carbocycles. The van der Waals surface area contributed by atoms with Crippen LogP contribution in [0, 0.1) is 0 Å². The third kappa shape index (κ3) is 6.40. The van der Waals surface area contributed by atoms with Crippen molar-refractivity contribution in [1.29, 1.82) is 0 Å². The lowest BCUT2D eigenvalue weighted by Gasteiger charge is -2.21. The van der Waals surface area contributed by atoms with Gasteiger partial charge >= 0.3 is 11.7 Å². The Morgan fingerprint density at radius 2 is 1.72 bits per heavy atom. The van der Waals surface area contributed by atoms with E-state index in [-0.39, 0.29) is 5.69 Å². The molecule has 6 heteroatoms. The molecule has 0 saturated heterocycles. The number of ether oxygens (including phenoxy) is 1. The van der Waals surface area contributed by atoms with Gasteiger partial charge in [-0.05, 0) is 95.9 Å². The highest BCUT2D eigenvalue weighted by molar-refractivity contribution is 5.76. The summed E-state index contributed by atoms with van der Waals surface area (Å²) < 4.78 is 9.62. The van der Waals surface area contributed by atoms with Crippen LogP contribution in [0.1, 0.15) is 84.2 Å². The van der Waals surface area contributed by atoms with Crippen LogP contribution < -0.4 is 10.4 Å². The van der Waals surface area contributed by atoms with Crippen molar-refractivity contribution in [3.05, 3.63) is 74.5 Å². The lowest BCUT2D eigenvalue weighted by Crippen LogP contribution is -2.37. The number of nitrogens with zero attached hydrogens (tertiary/aromatic N) is 2. The predicted molar refractivity (Wildman–Crippen MR) is 145 cm³/mol. The number of allylic oxidation sites excluding steroid dienone is 4. The number of carboxylic acid groups (broad SMARTS) is 1. The van der Waals surface area contributed by atoms with Gasteiger partial charge in [0, 0.05) is 24.5 Å². The minimum atomic E-state index is -1.27. The van der Waals surface area contributed by atoms with Crippen LogP contribution in [0.2, 0.25) is 0 Å². The molecule has 1 heterocycles. The monoisotopic (exact) mass is 494 g/mol. The lowest BCUT2D eigenvalue weighted by atomic mass is 9.94. The topological polar surface area (TPSA) is 73.5 Å². The highest BCUT2D eigenvalue weighted by Crippen LogP contribution is 2.25. The van der Waals surface area contributed by atoms with Crippen LogP contribution in [0.25, 0.3) is 0 Å². The number of carbonyl (C=O) groups is 1. The van der Waals surface area contributed by atoms with Gasteiger partial charge in [-0.25, -0.2) is 9.59 Å². The average molecular weight is 495 g/mol. The van der Waals surface area contributed by atoms with Gasteiger partial charge in [0.25, 0.3) is 0 Å². The highest BCUT2D eigenvalue weighted by atomic mass is 16.5. The molecule has 0 atom stereocenters. The van der Waals surface area contributed by atoms with E-state index in [9.17, 15) is 14.7 Å². The van der Waals surface area contributed by atoms with Crippen molar-refractivity contribution >= 4 is 5.97 Å². The van der Waals surface area contributed by atoms with Crippen LogP contribution >= 0.6 is 0 Å². The summed E-state index contributed by atoms with van der Waals surface area (Å²) in [6.45, 7) is 13.1. The van der Waals surface area contributed by atoms with E-state index >= 15 is 0 Å². The SMILES string of the molecule is CCCn1c(CCCc2ccc(OC(C)(C)C(=O)O)cc2)c(CC)n(CC2=CC(C)=C(C)CC2)c1=O. The molecule has 36 heavy (non-hydrogen) atoms. The molecule has 6 nitrogen and oxygen atoms in total. The second kappa shape index (κ2) is 11.8. The summed E-state index contributed by atoms with van der Waals surface area (Å²) in [6.07, 6.45) is 8.81. The molecule has 1 N–H and O–H groups in total. The first kappa shape index (κ1) is 27.6. The van der Waals surface area contributed by atoms with Gasteiger partial charge in [-0.1, -0.05) is 43.2 Å². The van der Waals surface area contributed by atoms with Gasteiger partial charge in [0.1, 0.15) is 5.75 Å². The van der Waals surface area contributed by atoms with Crippen LogP contribution in [0.5, 0.6) is 5.75 Å². The van der Waals surface area contributed by atoms with Gasteiger partial charge in [0.05, 0.1) is 0 Å². The summed E-state index contributed by atoms with van der Waals surface area (Å²) in [4.78, 5) is 24.7. The Balaban J connectivity index is 1.74. The fourth-order valence-corrected chi connectivity index (χ4v) is 4.88. The smallest absolute Gasteiger partial charge is 0.347 e. The second-order valence-corrected chi connectivity index (χ2v) is 10.4.